The summed E-state index contributed by atoms with van der Waals surface area (Å²) in [7, 11) is 1.42. The normalized spacial score (nSPS) is 28.6. The van der Waals surface area contributed by atoms with Gasteiger partial charge in [0.05, 0.1) is 6.10 Å². The van der Waals surface area contributed by atoms with Gasteiger partial charge in [-0.05, 0) is 0 Å². The SMILES string of the molecule is CO[C@@H]1O[C@H](COC(C)=O)C[C@H](OC(C)=O)[C@H]1NC(C)=O. The molecule has 0 unspecified atom stereocenters. The van der Waals surface area contributed by atoms with Gasteiger partial charge in [-0.3, -0.25) is 14.4 Å². The Balaban J connectivity index is 2.80. The molecule has 0 saturated carbocycles. The van der Waals surface area contributed by atoms with E-state index >= 15 is 0 Å². The minimum absolute atomic E-state index is 0.0275. The van der Waals surface area contributed by atoms with Gasteiger partial charge in [-0.2, -0.15) is 0 Å². The summed E-state index contributed by atoms with van der Waals surface area (Å²) in [4.78, 5) is 33.3. The first-order chi connectivity index (χ1) is 9.83. The van der Waals surface area contributed by atoms with Crippen LogP contribution in [0.25, 0.3) is 0 Å². The lowest BCUT2D eigenvalue weighted by Crippen LogP contribution is -2.59. The molecule has 0 bridgehead atoms. The molecule has 4 atom stereocenters. The van der Waals surface area contributed by atoms with Crippen LogP contribution in [0, 0.1) is 0 Å². The van der Waals surface area contributed by atoms with Crippen molar-refractivity contribution in [2.24, 2.45) is 0 Å². The number of esters is 2. The number of hydrogen-bond acceptors (Lipinski definition) is 7. The number of ether oxygens (including phenoxy) is 4. The third-order valence-electron chi connectivity index (χ3n) is 2.91. The lowest BCUT2D eigenvalue weighted by molar-refractivity contribution is -0.234. The highest BCUT2D eigenvalue weighted by Gasteiger charge is 2.41. The van der Waals surface area contributed by atoms with Crippen molar-refractivity contribution in [1.82, 2.24) is 5.32 Å². The molecular formula is C13H21NO7. The van der Waals surface area contributed by atoms with Gasteiger partial charge in [-0.25, -0.2) is 0 Å². The van der Waals surface area contributed by atoms with E-state index in [0.717, 1.165) is 0 Å². The summed E-state index contributed by atoms with van der Waals surface area (Å²) in [5, 5.41) is 2.65. The summed E-state index contributed by atoms with van der Waals surface area (Å²) in [6.45, 7) is 3.95. The molecule has 21 heavy (non-hydrogen) atoms. The summed E-state index contributed by atoms with van der Waals surface area (Å²) in [5.41, 5.74) is 0. The highest BCUT2D eigenvalue weighted by atomic mass is 16.7. The van der Waals surface area contributed by atoms with E-state index in [1.54, 1.807) is 0 Å². The van der Waals surface area contributed by atoms with Gasteiger partial charge in [0.2, 0.25) is 5.91 Å². The number of methoxy groups -OCH3 is 1. The smallest absolute Gasteiger partial charge is 0.302 e. The van der Waals surface area contributed by atoms with Gasteiger partial charge in [-0.15, -0.1) is 0 Å². The molecule has 0 spiro atoms. The average molecular weight is 303 g/mol. The summed E-state index contributed by atoms with van der Waals surface area (Å²) < 4.78 is 20.9. The first-order valence-electron chi connectivity index (χ1n) is 6.59. The molecule has 8 nitrogen and oxygen atoms in total. The van der Waals surface area contributed by atoms with Crippen LogP contribution in [0.2, 0.25) is 0 Å². The predicted molar refractivity (Wildman–Crippen MR) is 70.1 cm³/mol. The number of rotatable bonds is 5. The molecule has 1 heterocycles. The highest BCUT2D eigenvalue weighted by Crippen LogP contribution is 2.24. The van der Waals surface area contributed by atoms with E-state index in [9.17, 15) is 14.4 Å². The molecule has 1 aliphatic heterocycles. The summed E-state index contributed by atoms with van der Waals surface area (Å²) in [5.74, 6) is -1.19. The molecule has 0 aromatic carbocycles. The van der Waals surface area contributed by atoms with Crippen LogP contribution in [-0.2, 0) is 33.3 Å². The van der Waals surface area contributed by atoms with Gasteiger partial charge >= 0.3 is 11.9 Å². The monoisotopic (exact) mass is 303 g/mol. The van der Waals surface area contributed by atoms with Crippen molar-refractivity contribution in [2.45, 2.75) is 51.7 Å². The zero-order valence-corrected chi connectivity index (χ0v) is 12.6. The molecule has 1 rings (SSSR count). The van der Waals surface area contributed by atoms with E-state index in [1.807, 2.05) is 0 Å². The average Bonchev–Trinajstić information content (AvgIpc) is 2.37. The third kappa shape index (κ3) is 5.68. The molecule has 0 aromatic rings. The Morgan fingerprint density at radius 3 is 2.33 bits per heavy atom. The zero-order valence-electron chi connectivity index (χ0n) is 12.6. The van der Waals surface area contributed by atoms with Crippen LogP contribution in [0.3, 0.4) is 0 Å². The van der Waals surface area contributed by atoms with E-state index in [1.165, 1.54) is 27.9 Å². The Kier molecular flexibility index (Phi) is 6.57. The van der Waals surface area contributed by atoms with Gasteiger partial charge in [0.15, 0.2) is 6.29 Å². The third-order valence-corrected chi connectivity index (χ3v) is 2.91. The van der Waals surface area contributed by atoms with Crippen molar-refractivity contribution in [3.63, 3.8) is 0 Å². The van der Waals surface area contributed by atoms with Crippen LogP contribution in [0.5, 0.6) is 0 Å². The Hall–Kier alpha value is -1.67. The maximum absolute atomic E-state index is 11.3. The quantitative estimate of drug-likeness (QED) is 0.699. The standard InChI is InChI=1S/C13H21NO7/c1-7(15)14-12-11(20-9(3)17)5-10(6-19-8(2)16)21-13(12)18-4/h10-13H,5-6H2,1-4H3,(H,14,15)/t10-,11-,12+,13+/m0/s1. The topological polar surface area (TPSA) is 100 Å². The van der Waals surface area contributed by atoms with E-state index in [-0.39, 0.29) is 18.9 Å². The Morgan fingerprint density at radius 1 is 1.19 bits per heavy atom. The van der Waals surface area contributed by atoms with E-state index in [2.05, 4.69) is 5.32 Å². The fourth-order valence-corrected chi connectivity index (χ4v) is 2.16. The van der Waals surface area contributed by atoms with Crippen LogP contribution in [-0.4, -0.2) is 56.1 Å². The number of carbonyl (C=O) groups is 3. The van der Waals surface area contributed by atoms with Crippen molar-refractivity contribution in [3.8, 4) is 0 Å². The lowest BCUT2D eigenvalue weighted by atomic mass is 10.00. The molecule has 1 aliphatic rings. The van der Waals surface area contributed by atoms with Crippen LogP contribution in [0.15, 0.2) is 0 Å². The van der Waals surface area contributed by atoms with Crippen LogP contribution >= 0.6 is 0 Å². The zero-order chi connectivity index (χ0) is 16.0. The summed E-state index contributed by atoms with van der Waals surface area (Å²) in [6, 6.07) is -0.620. The lowest BCUT2D eigenvalue weighted by Gasteiger charge is -2.40. The molecule has 8 heteroatoms. The molecule has 0 radical (unpaired) electrons. The maximum Gasteiger partial charge on any atom is 0.302 e. The van der Waals surface area contributed by atoms with Gasteiger partial charge < -0.3 is 24.3 Å². The Morgan fingerprint density at radius 2 is 1.86 bits per heavy atom. The van der Waals surface area contributed by atoms with Crippen molar-refractivity contribution in [2.75, 3.05) is 13.7 Å². The van der Waals surface area contributed by atoms with E-state index < -0.39 is 36.5 Å². The van der Waals surface area contributed by atoms with Gasteiger partial charge in [0, 0.05) is 34.3 Å². The van der Waals surface area contributed by atoms with Crippen molar-refractivity contribution in [1.29, 1.82) is 0 Å². The van der Waals surface area contributed by atoms with Gasteiger partial charge in [-0.1, -0.05) is 0 Å². The van der Waals surface area contributed by atoms with Crippen molar-refractivity contribution < 1.29 is 33.3 Å². The molecule has 1 saturated heterocycles. The molecule has 0 aromatic heterocycles. The van der Waals surface area contributed by atoms with Crippen LogP contribution in [0.4, 0.5) is 0 Å². The predicted octanol–water partition coefficient (Wildman–Crippen LogP) is -0.253. The van der Waals surface area contributed by atoms with Gasteiger partial charge in [0.1, 0.15) is 18.8 Å². The van der Waals surface area contributed by atoms with E-state index in [4.69, 9.17) is 18.9 Å². The minimum Gasteiger partial charge on any atom is -0.463 e. The second kappa shape index (κ2) is 7.94. The minimum atomic E-state index is -0.799. The number of carbonyl (C=O) groups excluding carboxylic acids is 3. The first kappa shape index (κ1) is 17.4. The fraction of sp³-hybridized carbons (Fsp3) is 0.769. The number of nitrogens with one attached hydrogen (secondary N) is 1. The summed E-state index contributed by atoms with van der Waals surface area (Å²) >= 11 is 0. The number of amides is 1. The fourth-order valence-electron chi connectivity index (χ4n) is 2.16. The molecule has 120 valence electrons. The van der Waals surface area contributed by atoms with E-state index in [0.29, 0.717) is 0 Å². The molecular weight excluding hydrogens is 282 g/mol. The largest absolute Gasteiger partial charge is 0.463 e. The Labute approximate surface area is 123 Å². The van der Waals surface area contributed by atoms with Crippen LogP contribution < -0.4 is 5.32 Å². The Bertz CT molecular complexity index is 398. The molecule has 0 aliphatic carbocycles. The molecule has 1 amide bonds. The highest BCUT2D eigenvalue weighted by molar-refractivity contribution is 5.73. The molecule has 1 fully saturated rings. The number of hydrogen-bond donors (Lipinski definition) is 1. The van der Waals surface area contributed by atoms with Crippen LogP contribution in [0.1, 0.15) is 27.2 Å². The molecule has 1 N–H and O–H groups in total. The summed E-state index contributed by atoms with van der Waals surface area (Å²) in [6.07, 6.45) is -1.61. The van der Waals surface area contributed by atoms with Gasteiger partial charge in [0.25, 0.3) is 0 Å². The maximum atomic E-state index is 11.3. The van der Waals surface area contributed by atoms with Crippen molar-refractivity contribution >= 4 is 17.8 Å². The first-order valence-corrected chi connectivity index (χ1v) is 6.59. The van der Waals surface area contributed by atoms with Crippen molar-refractivity contribution in [3.05, 3.63) is 0 Å². The second-order valence-corrected chi connectivity index (χ2v) is 4.77. The second-order valence-electron chi connectivity index (χ2n) is 4.77.